The first-order valence-electron chi connectivity index (χ1n) is 10.8. The predicted molar refractivity (Wildman–Crippen MR) is 105 cm³/mol. The monoisotopic (exact) mass is 357 g/mol. The van der Waals surface area contributed by atoms with E-state index < -0.39 is 6.17 Å². The van der Waals surface area contributed by atoms with E-state index in [2.05, 4.69) is 39.4 Å². The quantitative estimate of drug-likeness (QED) is 0.831. The molecule has 1 N–H and O–H groups in total. The molecule has 1 saturated heterocycles. The van der Waals surface area contributed by atoms with Gasteiger partial charge in [-0.3, -0.25) is 4.90 Å². The number of alkyl halides is 1. The van der Waals surface area contributed by atoms with Gasteiger partial charge in [-0.15, -0.1) is 0 Å². The summed E-state index contributed by atoms with van der Waals surface area (Å²) in [4.78, 5) is 5.22. The predicted octanol–water partition coefficient (Wildman–Crippen LogP) is 4.65. The number of hydrogen-bond acceptors (Lipinski definition) is 3. The molecular weight excluding hydrogens is 325 g/mol. The lowest BCUT2D eigenvalue weighted by atomic mass is 9.67. The molecule has 3 nitrogen and oxygen atoms in total. The van der Waals surface area contributed by atoms with Gasteiger partial charge in [-0.1, -0.05) is 25.0 Å². The number of fused-ring (bicyclic) bond motifs is 2. The van der Waals surface area contributed by atoms with Crippen molar-refractivity contribution in [1.29, 1.82) is 0 Å². The number of nitrogens with one attached hydrogen (secondary N) is 1. The third kappa shape index (κ3) is 2.90. The molecule has 0 spiro atoms. The summed E-state index contributed by atoms with van der Waals surface area (Å²) < 4.78 is 14.8. The van der Waals surface area contributed by atoms with Crippen molar-refractivity contribution in [1.82, 2.24) is 4.90 Å². The highest BCUT2D eigenvalue weighted by Crippen LogP contribution is 2.45. The second kappa shape index (κ2) is 7.03. The van der Waals surface area contributed by atoms with Crippen LogP contribution in [-0.4, -0.2) is 42.9 Å². The average molecular weight is 358 g/mol. The lowest BCUT2D eigenvalue weighted by Crippen LogP contribution is -2.54. The van der Waals surface area contributed by atoms with Crippen molar-refractivity contribution in [2.24, 2.45) is 11.8 Å². The molecule has 2 saturated carbocycles. The first kappa shape index (κ1) is 16.9. The minimum Gasteiger partial charge on any atom is -0.366 e. The highest BCUT2D eigenvalue weighted by atomic mass is 19.1. The molecule has 3 fully saturated rings. The van der Waals surface area contributed by atoms with Crippen molar-refractivity contribution in [3.63, 3.8) is 0 Å². The average Bonchev–Trinajstić information content (AvgIpc) is 3.12. The summed E-state index contributed by atoms with van der Waals surface area (Å²) in [5, 5.41) is 3.53. The Balaban J connectivity index is 1.25. The molecular formula is C22H32FN3. The van der Waals surface area contributed by atoms with Crippen LogP contribution in [0, 0.1) is 11.8 Å². The molecule has 4 heteroatoms. The van der Waals surface area contributed by atoms with Crippen LogP contribution in [-0.2, 0) is 0 Å². The van der Waals surface area contributed by atoms with Gasteiger partial charge >= 0.3 is 0 Å². The number of hydrogen-bond donors (Lipinski definition) is 1. The second-order valence-corrected chi connectivity index (χ2v) is 8.87. The van der Waals surface area contributed by atoms with Gasteiger partial charge in [0.15, 0.2) is 0 Å². The molecule has 4 unspecified atom stereocenters. The number of rotatable bonds is 2. The standard InChI is InChI=1S/C22H32FN3/c23-18-7-3-5-16-6-4-10-21(22(16)18)25-13-11-17(12-14-25)26-15-24-19-8-1-2-9-20(19)26/h1-2,8-9,16-18,21-22,24H,3-7,10-15H2. The van der Waals surface area contributed by atoms with Crippen molar-refractivity contribution in [2.45, 2.75) is 69.6 Å². The summed E-state index contributed by atoms with van der Waals surface area (Å²) in [5.41, 5.74) is 2.63. The topological polar surface area (TPSA) is 18.5 Å². The number of likely N-dealkylation sites (tertiary alicyclic amines) is 1. The van der Waals surface area contributed by atoms with E-state index in [1.165, 1.54) is 49.9 Å². The summed E-state index contributed by atoms with van der Waals surface area (Å²) in [6, 6.07) is 9.79. The fraction of sp³-hybridized carbons (Fsp3) is 0.727. The summed E-state index contributed by atoms with van der Waals surface area (Å²) in [6.07, 6.45) is 8.86. The summed E-state index contributed by atoms with van der Waals surface area (Å²) in [6.45, 7) is 3.22. The van der Waals surface area contributed by atoms with Gasteiger partial charge in [-0.2, -0.15) is 0 Å². The van der Waals surface area contributed by atoms with Gasteiger partial charge in [0.1, 0.15) is 6.17 Å². The summed E-state index contributed by atoms with van der Waals surface area (Å²) >= 11 is 0. The molecule has 0 bridgehead atoms. The molecule has 0 aromatic heterocycles. The Hall–Kier alpha value is -1.29. The normalized spacial score (nSPS) is 35.7. The van der Waals surface area contributed by atoms with Crippen molar-refractivity contribution in [3.05, 3.63) is 24.3 Å². The van der Waals surface area contributed by atoms with Gasteiger partial charge < -0.3 is 10.2 Å². The van der Waals surface area contributed by atoms with Crippen molar-refractivity contribution < 1.29 is 4.39 Å². The van der Waals surface area contributed by atoms with Crippen molar-refractivity contribution in [3.8, 4) is 0 Å². The van der Waals surface area contributed by atoms with E-state index in [4.69, 9.17) is 0 Å². The Morgan fingerprint density at radius 1 is 0.923 bits per heavy atom. The van der Waals surface area contributed by atoms with Gasteiger partial charge in [0.2, 0.25) is 0 Å². The largest absolute Gasteiger partial charge is 0.366 e. The zero-order chi connectivity index (χ0) is 17.5. The Morgan fingerprint density at radius 2 is 1.69 bits per heavy atom. The number of benzene rings is 1. The number of para-hydroxylation sites is 2. The number of piperidine rings is 1. The summed E-state index contributed by atoms with van der Waals surface area (Å²) in [7, 11) is 0. The van der Waals surface area contributed by atoms with Crippen LogP contribution in [0.1, 0.15) is 51.4 Å². The fourth-order valence-corrected chi connectivity index (χ4v) is 6.34. The zero-order valence-corrected chi connectivity index (χ0v) is 15.7. The van der Waals surface area contributed by atoms with E-state index in [-0.39, 0.29) is 0 Å². The molecule has 1 aromatic carbocycles. The smallest absolute Gasteiger partial charge is 0.105 e. The van der Waals surface area contributed by atoms with E-state index in [9.17, 15) is 4.39 Å². The number of anilines is 2. The third-order valence-corrected chi connectivity index (χ3v) is 7.60. The first-order valence-corrected chi connectivity index (χ1v) is 10.8. The minimum atomic E-state index is -0.550. The maximum Gasteiger partial charge on any atom is 0.105 e. The number of halogens is 1. The van der Waals surface area contributed by atoms with Crippen LogP contribution >= 0.6 is 0 Å². The lowest BCUT2D eigenvalue weighted by molar-refractivity contribution is -0.0184. The molecule has 4 aliphatic rings. The van der Waals surface area contributed by atoms with Crippen LogP contribution in [0.4, 0.5) is 15.8 Å². The minimum absolute atomic E-state index is 0.322. The molecule has 4 atom stereocenters. The van der Waals surface area contributed by atoms with Gasteiger partial charge in [-0.05, 0) is 56.6 Å². The van der Waals surface area contributed by atoms with E-state index >= 15 is 0 Å². The second-order valence-electron chi connectivity index (χ2n) is 8.87. The van der Waals surface area contributed by atoms with E-state index in [0.29, 0.717) is 23.9 Å². The molecule has 2 heterocycles. The van der Waals surface area contributed by atoms with Gasteiger partial charge in [0.25, 0.3) is 0 Å². The van der Waals surface area contributed by atoms with Gasteiger partial charge in [0, 0.05) is 31.1 Å². The van der Waals surface area contributed by atoms with Crippen molar-refractivity contribution in [2.75, 3.05) is 30.0 Å². The Kier molecular flexibility index (Phi) is 4.56. The Labute approximate surface area is 156 Å². The zero-order valence-electron chi connectivity index (χ0n) is 15.7. The maximum atomic E-state index is 14.8. The van der Waals surface area contributed by atoms with E-state index in [1.807, 2.05) is 0 Å². The van der Waals surface area contributed by atoms with Gasteiger partial charge in [-0.25, -0.2) is 4.39 Å². The van der Waals surface area contributed by atoms with E-state index in [1.54, 1.807) is 0 Å². The van der Waals surface area contributed by atoms with Crippen LogP contribution in [0.5, 0.6) is 0 Å². The fourth-order valence-electron chi connectivity index (χ4n) is 6.34. The molecule has 0 amide bonds. The highest BCUT2D eigenvalue weighted by molar-refractivity contribution is 5.74. The van der Waals surface area contributed by atoms with Crippen LogP contribution in [0.25, 0.3) is 0 Å². The lowest BCUT2D eigenvalue weighted by Gasteiger charge is -2.50. The summed E-state index contributed by atoms with van der Waals surface area (Å²) in [5.74, 6) is 0.980. The highest BCUT2D eigenvalue weighted by Gasteiger charge is 2.44. The van der Waals surface area contributed by atoms with Crippen LogP contribution in [0.2, 0.25) is 0 Å². The van der Waals surface area contributed by atoms with Gasteiger partial charge in [0.05, 0.1) is 18.0 Å². The Bertz CT molecular complexity index is 626. The molecule has 26 heavy (non-hydrogen) atoms. The molecule has 0 radical (unpaired) electrons. The van der Waals surface area contributed by atoms with E-state index in [0.717, 1.165) is 32.6 Å². The Morgan fingerprint density at radius 3 is 2.54 bits per heavy atom. The molecule has 142 valence electrons. The molecule has 1 aromatic rings. The first-order chi connectivity index (χ1) is 12.8. The molecule has 2 aliphatic heterocycles. The SMILES string of the molecule is FC1CCCC2CCCC(N3CCC(N4CNc5ccccc54)CC3)C12. The molecule has 2 aliphatic carbocycles. The number of nitrogens with zero attached hydrogens (tertiary/aromatic N) is 2. The van der Waals surface area contributed by atoms with Crippen molar-refractivity contribution >= 4 is 11.4 Å². The van der Waals surface area contributed by atoms with Crippen LogP contribution in [0.15, 0.2) is 24.3 Å². The molecule has 5 rings (SSSR count). The maximum absolute atomic E-state index is 14.8. The third-order valence-electron chi connectivity index (χ3n) is 7.60. The van der Waals surface area contributed by atoms with Crippen LogP contribution in [0.3, 0.4) is 0 Å². The van der Waals surface area contributed by atoms with Crippen LogP contribution < -0.4 is 10.2 Å².